The molecule has 0 aliphatic heterocycles. The lowest BCUT2D eigenvalue weighted by molar-refractivity contribution is 1.48. The molecule has 1 heteroatoms. The van der Waals surface area contributed by atoms with Crippen molar-refractivity contribution in [3.63, 3.8) is 0 Å². The molecule has 0 aliphatic carbocycles. The van der Waals surface area contributed by atoms with Gasteiger partial charge in [0.15, 0.2) is 0 Å². The van der Waals surface area contributed by atoms with Gasteiger partial charge in [0.05, 0.1) is 0 Å². The fraction of sp³-hybridized carbons (Fsp3) is 0.167. The number of fused-ring (bicyclic) bond motifs is 1. The van der Waals surface area contributed by atoms with Crippen LogP contribution >= 0.6 is 0 Å². The lowest BCUT2D eigenvalue weighted by atomic mass is 10.1. The number of rotatable bonds is 0. The second-order valence-electron chi connectivity index (χ2n) is 3.05. The van der Waals surface area contributed by atoms with Gasteiger partial charge in [0.2, 0.25) is 0 Å². The first kappa shape index (κ1) is 10.0. The van der Waals surface area contributed by atoms with E-state index in [2.05, 4.69) is 55.5 Å². The van der Waals surface area contributed by atoms with E-state index in [0.717, 1.165) is 0 Å². The van der Waals surface area contributed by atoms with Gasteiger partial charge in [0.25, 0.3) is 0 Å². The first-order valence-corrected chi connectivity index (χ1v) is 6.23. The third-order valence-electron chi connectivity index (χ3n) is 1.66. The minimum absolute atomic E-state index is 1.31. The maximum Gasteiger partial charge on any atom is 0.00244 e. The molecule has 0 saturated heterocycles. The van der Waals surface area contributed by atoms with Crippen LogP contribution in [0.2, 0.25) is 6.04 Å². The second-order valence-corrected chi connectivity index (χ2v) is 4.47. The molecule has 0 saturated carbocycles. The number of hydrogen-bond donors (Lipinski definition) is 0. The smallest absolute Gasteiger partial charge is 0.00244 e. The summed E-state index contributed by atoms with van der Waals surface area (Å²) < 4.78 is 0. The first-order chi connectivity index (χ1) is 6.38. The van der Waals surface area contributed by atoms with Crippen LogP contribution in [-0.4, -0.2) is 10.2 Å². The predicted molar refractivity (Wildman–Crippen MR) is 64.4 cm³/mol. The molecule has 0 unspecified atom stereocenters. The zero-order valence-corrected chi connectivity index (χ0v) is 10.3. The van der Waals surface area contributed by atoms with Gasteiger partial charge in [-0.05, 0) is 10.8 Å². The van der Waals surface area contributed by atoms with Crippen molar-refractivity contribution >= 4 is 21.0 Å². The molecule has 0 aliphatic rings. The zero-order chi connectivity index (χ0) is 9.52. The lowest BCUT2D eigenvalue weighted by Gasteiger charge is -1.92. The van der Waals surface area contributed by atoms with E-state index in [-0.39, 0.29) is 0 Å². The topological polar surface area (TPSA) is 0 Å². The molecule has 0 N–H and O–H groups in total. The summed E-state index contributed by atoms with van der Waals surface area (Å²) in [7, 11) is 1.37. The van der Waals surface area contributed by atoms with Gasteiger partial charge in [0, 0.05) is 10.2 Å². The van der Waals surface area contributed by atoms with E-state index < -0.39 is 0 Å². The largest absolute Gasteiger partial charge is 0.0686 e. The van der Waals surface area contributed by atoms with Crippen LogP contribution in [0.1, 0.15) is 6.92 Å². The average Bonchev–Trinajstić information content (AvgIpc) is 2.19. The molecule has 0 spiro atoms. The van der Waals surface area contributed by atoms with Gasteiger partial charge >= 0.3 is 0 Å². The van der Waals surface area contributed by atoms with E-state index in [1.165, 1.54) is 27.1 Å². The maximum absolute atomic E-state index is 2.19. The highest BCUT2D eigenvalue weighted by Gasteiger charge is 1.85. The van der Waals surface area contributed by atoms with Crippen molar-refractivity contribution in [2.75, 3.05) is 0 Å². The summed E-state index contributed by atoms with van der Waals surface area (Å²) in [5.74, 6) is 0. The van der Waals surface area contributed by atoms with E-state index in [0.29, 0.717) is 0 Å². The van der Waals surface area contributed by atoms with Crippen molar-refractivity contribution in [2.45, 2.75) is 13.0 Å². The third kappa shape index (κ3) is 3.03. The van der Waals surface area contributed by atoms with Crippen LogP contribution in [-0.2, 0) is 0 Å². The van der Waals surface area contributed by atoms with Crippen LogP contribution in [0, 0.1) is 0 Å². The predicted octanol–water partition coefficient (Wildman–Crippen LogP) is 2.63. The van der Waals surface area contributed by atoms with Crippen LogP contribution in [0.15, 0.2) is 48.5 Å². The van der Waals surface area contributed by atoms with Gasteiger partial charge in [0.1, 0.15) is 0 Å². The fourth-order valence-corrected chi connectivity index (χ4v) is 1.13. The molecular weight excluding hydrogens is 172 g/mol. The molecule has 0 bridgehead atoms. The molecule has 0 aromatic heterocycles. The standard InChI is InChI=1S/C10H8.C2H8Si/c1-2-6-10-8-4-3-7-9(10)5-1;1-2-3/h1-8H;2H2,1,3H3. The summed E-state index contributed by atoms with van der Waals surface area (Å²) >= 11 is 0. The van der Waals surface area contributed by atoms with Crippen molar-refractivity contribution in [3.05, 3.63) is 48.5 Å². The summed E-state index contributed by atoms with van der Waals surface area (Å²) in [6.45, 7) is 2.19. The Morgan fingerprint density at radius 1 is 0.846 bits per heavy atom. The zero-order valence-electron chi connectivity index (χ0n) is 8.33. The summed E-state index contributed by atoms with van der Waals surface area (Å²) in [4.78, 5) is 0. The van der Waals surface area contributed by atoms with Crippen LogP contribution < -0.4 is 0 Å². The van der Waals surface area contributed by atoms with Gasteiger partial charge in [-0.2, -0.15) is 0 Å². The van der Waals surface area contributed by atoms with Crippen LogP contribution in [0.5, 0.6) is 0 Å². The summed E-state index contributed by atoms with van der Waals surface area (Å²) in [6, 6.07) is 18.1. The SMILES string of the molecule is CC[SiH3].c1ccc2ccccc2c1. The molecule has 68 valence electrons. The second kappa shape index (κ2) is 5.54. The molecule has 0 heterocycles. The van der Waals surface area contributed by atoms with E-state index >= 15 is 0 Å². The van der Waals surface area contributed by atoms with Gasteiger partial charge in [-0.15, -0.1) is 0 Å². The van der Waals surface area contributed by atoms with Crippen molar-refractivity contribution in [1.82, 2.24) is 0 Å². The van der Waals surface area contributed by atoms with Crippen LogP contribution in [0.4, 0.5) is 0 Å². The molecule has 2 aromatic carbocycles. The van der Waals surface area contributed by atoms with Crippen molar-refractivity contribution < 1.29 is 0 Å². The van der Waals surface area contributed by atoms with Crippen LogP contribution in [0.25, 0.3) is 10.8 Å². The quantitative estimate of drug-likeness (QED) is 0.558. The lowest BCUT2D eigenvalue weighted by Crippen LogP contribution is -1.67. The highest BCUT2D eigenvalue weighted by Crippen LogP contribution is 2.11. The van der Waals surface area contributed by atoms with Crippen molar-refractivity contribution in [3.8, 4) is 0 Å². The van der Waals surface area contributed by atoms with Gasteiger partial charge < -0.3 is 0 Å². The van der Waals surface area contributed by atoms with E-state index in [9.17, 15) is 0 Å². The Morgan fingerprint density at radius 3 is 1.31 bits per heavy atom. The Labute approximate surface area is 83.0 Å². The summed E-state index contributed by atoms with van der Waals surface area (Å²) in [5.41, 5.74) is 0. The molecule has 0 radical (unpaired) electrons. The number of hydrogen-bond acceptors (Lipinski definition) is 0. The van der Waals surface area contributed by atoms with Gasteiger partial charge in [-0.3, -0.25) is 0 Å². The Kier molecular flexibility index (Phi) is 4.26. The van der Waals surface area contributed by atoms with Crippen molar-refractivity contribution in [1.29, 1.82) is 0 Å². The monoisotopic (exact) mass is 188 g/mol. The Bertz CT molecular complexity index is 289. The molecule has 0 amide bonds. The van der Waals surface area contributed by atoms with Gasteiger partial charge in [-0.25, -0.2) is 0 Å². The maximum atomic E-state index is 2.19. The third-order valence-corrected chi connectivity index (χ3v) is 1.66. The summed E-state index contributed by atoms with van der Waals surface area (Å²) in [6.07, 6.45) is 0. The van der Waals surface area contributed by atoms with Crippen molar-refractivity contribution in [2.24, 2.45) is 0 Å². The Hall–Kier alpha value is -1.08. The molecule has 2 rings (SSSR count). The highest BCUT2D eigenvalue weighted by atomic mass is 28.1. The molecule has 13 heavy (non-hydrogen) atoms. The van der Waals surface area contributed by atoms with E-state index in [1.54, 1.807) is 0 Å². The number of benzene rings is 2. The van der Waals surface area contributed by atoms with Gasteiger partial charge in [-0.1, -0.05) is 61.5 Å². The minimum atomic E-state index is 1.31. The first-order valence-electron chi connectivity index (χ1n) is 4.82. The Balaban J connectivity index is 0.000000251. The normalized spacial score (nSPS) is 9.31. The van der Waals surface area contributed by atoms with E-state index in [4.69, 9.17) is 0 Å². The molecule has 2 aromatic rings. The average molecular weight is 188 g/mol. The molecule has 0 atom stereocenters. The minimum Gasteiger partial charge on any atom is -0.0686 e. The fourth-order valence-electron chi connectivity index (χ4n) is 1.13. The molecule has 0 nitrogen and oxygen atoms in total. The summed E-state index contributed by atoms with van der Waals surface area (Å²) in [5, 5.41) is 2.62. The molecular formula is C12H16Si. The van der Waals surface area contributed by atoms with Crippen LogP contribution in [0.3, 0.4) is 0 Å². The van der Waals surface area contributed by atoms with E-state index in [1.807, 2.05) is 0 Å². The molecule has 0 fully saturated rings. The Morgan fingerprint density at radius 2 is 1.08 bits per heavy atom. The highest BCUT2D eigenvalue weighted by molar-refractivity contribution is 6.08.